The Morgan fingerprint density at radius 3 is 2.31 bits per heavy atom. The Bertz CT molecular complexity index is 2930. The molecule has 3 N–H and O–H groups in total. The van der Waals surface area contributed by atoms with Crippen molar-refractivity contribution in [1.29, 1.82) is 0 Å². The van der Waals surface area contributed by atoms with E-state index in [-0.39, 0.29) is 30.2 Å². The summed E-state index contributed by atoms with van der Waals surface area (Å²) in [6.45, 7) is 19.3. The van der Waals surface area contributed by atoms with Crippen molar-refractivity contribution >= 4 is 91.5 Å². The summed E-state index contributed by atoms with van der Waals surface area (Å²) >= 11 is 3.61. The van der Waals surface area contributed by atoms with Crippen molar-refractivity contribution in [3.63, 3.8) is 0 Å². The second-order valence-electron chi connectivity index (χ2n) is 20.4. The molecule has 3 amide bonds. The number of halogens is 3. The largest absolute Gasteiger partial charge is 0.492 e. The van der Waals surface area contributed by atoms with Crippen LogP contribution in [-0.2, 0) is 18.9 Å². The van der Waals surface area contributed by atoms with E-state index in [2.05, 4.69) is 70.7 Å². The lowest BCUT2D eigenvalue weighted by molar-refractivity contribution is -0.140. The highest BCUT2D eigenvalue weighted by atomic mass is 79.9. The lowest BCUT2D eigenvalue weighted by Gasteiger charge is -2.44. The third-order valence-corrected chi connectivity index (χ3v) is 16.7. The SMILES string of the molecule is CCOc1cc(N2CCC(N3CCN(C(=O)C4CN(c5cc(F)c(C6CCC(=O)NC6=O)c(F)c5)CC4(C)C)CC3)CC2)c(C)cc1Nc1ncc(Br)c(Nc2ccc3nc(C)ccc3c2P(C)(C)=O)n1. The minimum Gasteiger partial charge on any atom is -0.492 e. The fourth-order valence-electron chi connectivity index (χ4n) is 10.9. The molecule has 9 rings (SSSR count). The number of anilines is 6. The maximum atomic E-state index is 15.5. The van der Waals surface area contributed by atoms with Gasteiger partial charge in [0.05, 0.1) is 39.8 Å². The molecule has 4 aliphatic heterocycles. The summed E-state index contributed by atoms with van der Waals surface area (Å²) in [5.41, 5.74) is 4.84. The molecule has 5 aromatic rings. The van der Waals surface area contributed by atoms with Crippen LogP contribution in [0, 0.1) is 36.8 Å². The van der Waals surface area contributed by atoms with Crippen molar-refractivity contribution in [1.82, 2.24) is 30.1 Å². The number of carbonyl (C=O) groups excluding carboxylic acids is 3. The number of aryl methyl sites for hydroxylation is 2. The van der Waals surface area contributed by atoms with Gasteiger partial charge in [0, 0.05) is 110 Å². The van der Waals surface area contributed by atoms with Crippen molar-refractivity contribution < 1.29 is 32.5 Å². The van der Waals surface area contributed by atoms with E-state index in [9.17, 15) is 18.9 Å². The van der Waals surface area contributed by atoms with E-state index in [1.54, 1.807) is 19.5 Å². The molecule has 2 aromatic heterocycles. The van der Waals surface area contributed by atoms with Gasteiger partial charge < -0.3 is 34.6 Å². The van der Waals surface area contributed by atoms with Crippen molar-refractivity contribution in [3.05, 3.63) is 87.7 Å². The van der Waals surface area contributed by atoms with Crippen molar-refractivity contribution in [2.24, 2.45) is 11.3 Å². The number of piperidine rings is 2. The lowest BCUT2D eigenvalue weighted by Crippen LogP contribution is -2.56. The van der Waals surface area contributed by atoms with Crippen LogP contribution in [0.3, 0.4) is 0 Å². The lowest BCUT2D eigenvalue weighted by atomic mass is 9.81. The number of aromatic nitrogens is 3. The third-order valence-electron chi connectivity index (χ3n) is 14.6. The van der Waals surface area contributed by atoms with Crippen molar-refractivity contribution in [3.8, 4) is 5.75 Å². The zero-order chi connectivity index (χ0) is 50.5. The average Bonchev–Trinajstić information content (AvgIpc) is 3.65. The first-order valence-corrected chi connectivity index (χ1v) is 27.8. The molecule has 0 aliphatic carbocycles. The summed E-state index contributed by atoms with van der Waals surface area (Å²) in [5.74, 6) is -2.62. The minimum absolute atomic E-state index is 0.0204. The summed E-state index contributed by atoms with van der Waals surface area (Å²) < 4.78 is 51.5. The van der Waals surface area contributed by atoms with Crippen LogP contribution < -0.4 is 35.8 Å². The monoisotopic (exact) mass is 1050 g/mol. The van der Waals surface area contributed by atoms with Crippen LogP contribution in [0.5, 0.6) is 5.75 Å². The van der Waals surface area contributed by atoms with E-state index in [1.807, 2.05) is 61.8 Å². The van der Waals surface area contributed by atoms with Gasteiger partial charge in [-0.05, 0) is 117 Å². The Morgan fingerprint density at radius 2 is 1.63 bits per heavy atom. The highest BCUT2D eigenvalue weighted by Gasteiger charge is 2.46. The van der Waals surface area contributed by atoms with E-state index in [1.165, 1.54) is 12.1 Å². The number of carbonyl (C=O) groups is 3. The predicted octanol–water partition coefficient (Wildman–Crippen LogP) is 8.61. The number of hydrogen-bond donors (Lipinski definition) is 3. The number of imide groups is 1. The van der Waals surface area contributed by atoms with Gasteiger partial charge in [0.2, 0.25) is 23.7 Å². The zero-order valence-electron chi connectivity index (χ0n) is 41.4. The summed E-state index contributed by atoms with van der Waals surface area (Å²) in [5, 5.41) is 10.5. The fourth-order valence-corrected chi connectivity index (χ4v) is 12.7. The Balaban J connectivity index is 0.809. The van der Waals surface area contributed by atoms with Gasteiger partial charge in [-0.15, -0.1) is 0 Å². The molecule has 3 aromatic carbocycles. The van der Waals surface area contributed by atoms with E-state index >= 15 is 8.78 Å². The quantitative estimate of drug-likeness (QED) is 0.0805. The molecule has 0 spiro atoms. The number of piperazine rings is 1. The van der Waals surface area contributed by atoms with Crippen LogP contribution in [0.4, 0.5) is 43.3 Å². The number of ether oxygens (including phenoxy) is 1. The first-order chi connectivity index (χ1) is 33.8. The highest BCUT2D eigenvalue weighted by Crippen LogP contribution is 2.44. The van der Waals surface area contributed by atoms with Crippen LogP contribution in [-0.4, -0.2) is 121 Å². The van der Waals surface area contributed by atoms with Crippen LogP contribution in [0.25, 0.3) is 10.9 Å². The Hall–Kier alpha value is -5.71. The first kappa shape index (κ1) is 50.2. The summed E-state index contributed by atoms with van der Waals surface area (Å²) in [4.78, 5) is 61.0. The van der Waals surface area contributed by atoms with Crippen LogP contribution in [0.1, 0.15) is 69.2 Å². The Kier molecular flexibility index (Phi) is 14.2. The number of nitrogens with zero attached hydrogens (tertiary/aromatic N) is 7. The normalized spacial score (nSPS) is 20.1. The van der Waals surface area contributed by atoms with Crippen LogP contribution in [0.2, 0.25) is 0 Å². The number of nitrogens with one attached hydrogen (secondary N) is 3. The topological polar surface area (TPSA) is 165 Å². The standard InChI is InChI=1S/C52H62BrF2N10O5P/c1-8-70-44-26-43(30(2)23-42(44)59-51-56-27-37(53)48(61-51)58-41-13-12-40-34(10-9-31(3)57-40)47(41)71(6,7)69)63-17-15-32(16-18-63)62-19-21-64(22-20-62)50(68)36-28-65(29-52(36,4)5)33-24-38(54)46(39(55)25-33)35-11-14-45(66)60-49(35)67/h9-10,12-13,23-27,32,35-36H,8,11,14-22,28-29H2,1-7H3,(H,60,66,67)(H2,56,58,59,61). The number of hydrogen-bond acceptors (Lipinski definition) is 13. The van der Waals surface area contributed by atoms with E-state index in [0.29, 0.717) is 77.5 Å². The van der Waals surface area contributed by atoms with E-state index in [0.717, 1.165) is 72.6 Å². The molecule has 0 radical (unpaired) electrons. The molecular weight excluding hydrogens is 994 g/mol. The van der Waals surface area contributed by atoms with Gasteiger partial charge in [0.15, 0.2) is 0 Å². The van der Waals surface area contributed by atoms with E-state index < -0.39 is 41.9 Å². The van der Waals surface area contributed by atoms with Gasteiger partial charge >= 0.3 is 0 Å². The Labute approximate surface area is 422 Å². The van der Waals surface area contributed by atoms with Gasteiger partial charge in [0.25, 0.3) is 0 Å². The molecule has 19 heteroatoms. The maximum Gasteiger partial charge on any atom is 0.234 e. The molecule has 376 valence electrons. The molecule has 15 nitrogen and oxygen atoms in total. The maximum absolute atomic E-state index is 15.5. The van der Waals surface area contributed by atoms with Crippen LogP contribution in [0.15, 0.2) is 59.2 Å². The molecule has 4 fully saturated rings. The van der Waals surface area contributed by atoms with Gasteiger partial charge in [0.1, 0.15) is 30.3 Å². The zero-order valence-corrected chi connectivity index (χ0v) is 43.9. The molecule has 2 unspecified atom stereocenters. The molecule has 0 bridgehead atoms. The summed E-state index contributed by atoms with van der Waals surface area (Å²) in [6.07, 6.45) is 3.69. The molecular formula is C52H62BrF2N10O5P. The van der Waals surface area contributed by atoms with Gasteiger partial charge in [-0.3, -0.25) is 29.6 Å². The number of rotatable bonds is 12. The number of amides is 3. The molecule has 4 aliphatic rings. The minimum atomic E-state index is -2.75. The highest BCUT2D eigenvalue weighted by molar-refractivity contribution is 9.10. The third kappa shape index (κ3) is 10.5. The van der Waals surface area contributed by atoms with Gasteiger partial charge in [-0.1, -0.05) is 19.9 Å². The summed E-state index contributed by atoms with van der Waals surface area (Å²) in [7, 11) is -2.75. The Morgan fingerprint density at radius 1 is 0.915 bits per heavy atom. The van der Waals surface area contributed by atoms with Gasteiger partial charge in [-0.25, -0.2) is 13.8 Å². The fraction of sp³-hybridized carbons (Fsp3) is 0.462. The number of pyridine rings is 1. The van der Waals surface area contributed by atoms with Crippen molar-refractivity contribution in [2.45, 2.75) is 72.3 Å². The predicted molar refractivity (Wildman–Crippen MR) is 279 cm³/mol. The van der Waals surface area contributed by atoms with Gasteiger partial charge in [-0.2, -0.15) is 4.98 Å². The molecule has 0 saturated carbocycles. The second kappa shape index (κ2) is 20.1. The molecule has 71 heavy (non-hydrogen) atoms. The van der Waals surface area contributed by atoms with Crippen molar-refractivity contribution in [2.75, 3.05) is 92.7 Å². The number of fused-ring (bicyclic) bond motifs is 1. The second-order valence-corrected chi connectivity index (χ2v) is 24.4. The molecule has 6 heterocycles. The average molecular weight is 1060 g/mol. The van der Waals surface area contributed by atoms with Crippen LogP contribution >= 0.6 is 23.1 Å². The van der Waals surface area contributed by atoms with E-state index in [4.69, 9.17) is 9.72 Å². The summed E-state index contributed by atoms with van der Waals surface area (Å²) in [6, 6.07) is 14.8. The molecule has 2 atom stereocenters. The number of benzene rings is 3. The first-order valence-electron chi connectivity index (χ1n) is 24.4. The molecule has 4 saturated heterocycles. The smallest absolute Gasteiger partial charge is 0.234 e.